The fraction of sp³-hybridized carbons (Fsp3) is 0.417. The topological polar surface area (TPSA) is 65.1 Å². The van der Waals surface area contributed by atoms with E-state index in [1.807, 2.05) is 19.9 Å². The van der Waals surface area contributed by atoms with Crippen molar-refractivity contribution in [2.24, 2.45) is 0 Å². The van der Waals surface area contributed by atoms with Crippen LogP contribution in [0.1, 0.15) is 51.1 Å². The van der Waals surface area contributed by atoms with Gasteiger partial charge in [0.15, 0.2) is 5.78 Å². The molecule has 2 aliphatic heterocycles. The molecule has 0 aromatic heterocycles. The smallest absolute Gasteiger partial charge is 0.254 e. The summed E-state index contributed by atoms with van der Waals surface area (Å²) in [4.78, 5) is 27.9. The highest BCUT2D eigenvalue weighted by Gasteiger charge is 2.44. The summed E-state index contributed by atoms with van der Waals surface area (Å²) in [5.41, 5.74) is 2.18. The molecule has 0 N–H and O–H groups in total. The number of carbonyl (C=O) groups is 2. The summed E-state index contributed by atoms with van der Waals surface area (Å²) >= 11 is 6.34. The van der Waals surface area contributed by atoms with Crippen LogP contribution >= 0.6 is 11.6 Å². The minimum Gasteiger partial charge on any atom is -0.497 e. The van der Waals surface area contributed by atoms with E-state index in [2.05, 4.69) is 0 Å². The van der Waals surface area contributed by atoms with Gasteiger partial charge < -0.3 is 19.1 Å². The van der Waals surface area contributed by atoms with Gasteiger partial charge in [0.25, 0.3) is 5.91 Å². The number of benzene rings is 2. The number of carbonyl (C=O) groups excluding carboxylic acids is 2. The SMILES string of the molecule is COc1cc(OC)cc(C(=O)N2CCC3(CC2)CC(=O)c2c(cc(C)c(Cl)c2C)O3)c1. The molecule has 0 aliphatic carbocycles. The van der Waals surface area contributed by atoms with E-state index in [0.29, 0.717) is 65.8 Å². The fourth-order valence-corrected chi connectivity index (χ4v) is 4.66. The summed E-state index contributed by atoms with van der Waals surface area (Å²) in [6.45, 7) is 4.78. The Labute approximate surface area is 187 Å². The van der Waals surface area contributed by atoms with Gasteiger partial charge in [-0.25, -0.2) is 0 Å². The molecule has 4 rings (SSSR count). The molecule has 2 aromatic rings. The van der Waals surface area contributed by atoms with Gasteiger partial charge in [-0.1, -0.05) is 11.6 Å². The molecule has 164 valence electrons. The second kappa shape index (κ2) is 8.08. The minimum atomic E-state index is -0.584. The van der Waals surface area contributed by atoms with Crippen molar-refractivity contribution in [2.45, 2.75) is 38.7 Å². The van der Waals surface area contributed by atoms with Crippen molar-refractivity contribution < 1.29 is 23.8 Å². The third-order valence-electron chi connectivity index (χ3n) is 6.29. The Balaban J connectivity index is 1.53. The summed E-state index contributed by atoms with van der Waals surface area (Å²) in [6.07, 6.45) is 1.48. The van der Waals surface area contributed by atoms with Crippen molar-refractivity contribution in [3.8, 4) is 17.2 Å². The number of likely N-dealkylation sites (tertiary alicyclic amines) is 1. The molecule has 7 heteroatoms. The highest BCUT2D eigenvalue weighted by molar-refractivity contribution is 6.32. The van der Waals surface area contributed by atoms with Crippen molar-refractivity contribution in [3.05, 3.63) is 51.5 Å². The predicted molar refractivity (Wildman–Crippen MR) is 118 cm³/mol. The molecule has 2 aliphatic rings. The zero-order valence-electron chi connectivity index (χ0n) is 18.2. The average molecular weight is 444 g/mol. The van der Waals surface area contributed by atoms with Crippen LogP contribution in [0.4, 0.5) is 0 Å². The van der Waals surface area contributed by atoms with Crippen molar-refractivity contribution in [1.82, 2.24) is 4.90 Å². The number of ether oxygens (including phenoxy) is 3. The number of amides is 1. The van der Waals surface area contributed by atoms with Gasteiger partial charge in [0, 0.05) is 42.6 Å². The molecule has 2 heterocycles. The van der Waals surface area contributed by atoms with Crippen molar-refractivity contribution in [2.75, 3.05) is 27.3 Å². The van der Waals surface area contributed by atoms with Gasteiger partial charge in [0.1, 0.15) is 22.8 Å². The Morgan fingerprint density at radius 1 is 1.06 bits per heavy atom. The lowest BCUT2D eigenvalue weighted by molar-refractivity contribution is -0.00582. The van der Waals surface area contributed by atoms with Crippen LogP contribution in [0.25, 0.3) is 0 Å². The van der Waals surface area contributed by atoms with Gasteiger partial charge in [-0.15, -0.1) is 0 Å². The molecule has 1 spiro atoms. The summed E-state index contributed by atoms with van der Waals surface area (Å²) in [6, 6.07) is 7.00. The van der Waals surface area contributed by atoms with E-state index in [4.69, 9.17) is 25.8 Å². The van der Waals surface area contributed by atoms with Crippen LogP contribution in [0.5, 0.6) is 17.2 Å². The Morgan fingerprint density at radius 2 is 1.68 bits per heavy atom. The number of Topliss-reactive ketones (excluding diaryl/α,β-unsaturated/α-hetero) is 1. The molecule has 1 saturated heterocycles. The van der Waals surface area contributed by atoms with Crippen LogP contribution in [-0.4, -0.2) is 49.5 Å². The Hall–Kier alpha value is -2.73. The van der Waals surface area contributed by atoms with E-state index in [1.165, 1.54) is 0 Å². The zero-order chi connectivity index (χ0) is 22.3. The maximum atomic E-state index is 13.1. The molecule has 0 radical (unpaired) electrons. The first-order valence-corrected chi connectivity index (χ1v) is 10.7. The fourth-order valence-electron chi connectivity index (χ4n) is 4.51. The Morgan fingerprint density at radius 3 is 2.26 bits per heavy atom. The number of fused-ring (bicyclic) bond motifs is 1. The molecule has 1 amide bonds. The second-order valence-corrected chi connectivity index (χ2v) is 8.66. The molecule has 0 bridgehead atoms. The van der Waals surface area contributed by atoms with E-state index in [1.54, 1.807) is 37.3 Å². The first-order chi connectivity index (χ1) is 14.8. The number of rotatable bonds is 3. The summed E-state index contributed by atoms with van der Waals surface area (Å²) in [7, 11) is 3.11. The van der Waals surface area contributed by atoms with Crippen LogP contribution in [0, 0.1) is 13.8 Å². The zero-order valence-corrected chi connectivity index (χ0v) is 19.0. The van der Waals surface area contributed by atoms with Crippen molar-refractivity contribution in [1.29, 1.82) is 0 Å². The molecular weight excluding hydrogens is 418 g/mol. The lowest BCUT2D eigenvalue weighted by Gasteiger charge is -2.44. The van der Waals surface area contributed by atoms with Crippen molar-refractivity contribution in [3.63, 3.8) is 0 Å². The van der Waals surface area contributed by atoms with Gasteiger partial charge >= 0.3 is 0 Å². The molecular formula is C24H26ClNO5. The number of ketones is 1. The van der Waals surface area contributed by atoms with Gasteiger partial charge in [-0.3, -0.25) is 9.59 Å². The Bertz CT molecular complexity index is 1030. The monoisotopic (exact) mass is 443 g/mol. The van der Waals surface area contributed by atoms with Gasteiger partial charge in [0.2, 0.25) is 0 Å². The molecule has 0 saturated carbocycles. The largest absolute Gasteiger partial charge is 0.497 e. The second-order valence-electron chi connectivity index (χ2n) is 8.28. The molecule has 6 nitrogen and oxygen atoms in total. The average Bonchev–Trinajstić information content (AvgIpc) is 2.76. The predicted octanol–water partition coefficient (Wildman–Crippen LogP) is 4.61. The normalized spacial score (nSPS) is 17.2. The van der Waals surface area contributed by atoms with Crippen LogP contribution in [-0.2, 0) is 0 Å². The van der Waals surface area contributed by atoms with E-state index >= 15 is 0 Å². The quantitative estimate of drug-likeness (QED) is 0.692. The minimum absolute atomic E-state index is 0.0537. The van der Waals surface area contributed by atoms with Gasteiger partial charge in [0.05, 0.1) is 26.2 Å². The van der Waals surface area contributed by atoms with E-state index in [9.17, 15) is 9.59 Å². The first-order valence-electron chi connectivity index (χ1n) is 10.3. The lowest BCUT2D eigenvalue weighted by atomic mass is 9.81. The standard InChI is InChI=1S/C24H26ClNO5/c1-14-9-20-21(15(2)22(14)25)19(27)13-24(31-20)5-7-26(8-6-24)23(28)16-10-17(29-3)12-18(11-16)30-4/h9-12H,5-8,13H2,1-4H3. The number of hydrogen-bond donors (Lipinski definition) is 0. The number of nitrogens with zero attached hydrogens (tertiary/aromatic N) is 1. The summed E-state index contributed by atoms with van der Waals surface area (Å²) < 4.78 is 17.0. The van der Waals surface area contributed by atoms with Gasteiger partial charge in [-0.2, -0.15) is 0 Å². The lowest BCUT2D eigenvalue weighted by Crippen LogP contribution is -2.52. The first kappa shape index (κ1) is 21.5. The number of aryl methyl sites for hydroxylation is 1. The van der Waals surface area contributed by atoms with E-state index in [-0.39, 0.29) is 11.7 Å². The highest BCUT2D eigenvalue weighted by Crippen LogP contribution is 2.43. The number of halogens is 1. The third kappa shape index (κ3) is 3.85. The van der Waals surface area contributed by atoms with Crippen molar-refractivity contribution >= 4 is 23.3 Å². The molecule has 0 unspecified atom stereocenters. The maximum Gasteiger partial charge on any atom is 0.254 e. The third-order valence-corrected chi connectivity index (χ3v) is 6.87. The molecule has 0 atom stereocenters. The number of hydrogen-bond acceptors (Lipinski definition) is 5. The van der Waals surface area contributed by atoms with E-state index in [0.717, 1.165) is 11.1 Å². The number of methoxy groups -OCH3 is 2. The Kier molecular flexibility index (Phi) is 5.60. The van der Waals surface area contributed by atoms with Crippen LogP contribution in [0.15, 0.2) is 24.3 Å². The highest BCUT2D eigenvalue weighted by atomic mass is 35.5. The van der Waals surface area contributed by atoms with Crippen LogP contribution in [0.3, 0.4) is 0 Å². The van der Waals surface area contributed by atoms with Crippen LogP contribution in [0.2, 0.25) is 5.02 Å². The number of piperidine rings is 1. The molecule has 1 fully saturated rings. The summed E-state index contributed by atoms with van der Waals surface area (Å²) in [5.74, 6) is 1.70. The summed E-state index contributed by atoms with van der Waals surface area (Å²) in [5, 5.41) is 0.612. The van der Waals surface area contributed by atoms with Crippen LogP contribution < -0.4 is 14.2 Å². The molecule has 2 aromatic carbocycles. The molecule has 31 heavy (non-hydrogen) atoms. The maximum absolute atomic E-state index is 13.1. The van der Waals surface area contributed by atoms with Gasteiger partial charge in [-0.05, 0) is 43.2 Å². The van der Waals surface area contributed by atoms with E-state index < -0.39 is 5.60 Å².